The van der Waals surface area contributed by atoms with E-state index in [0.717, 1.165) is 50.8 Å². The highest BCUT2D eigenvalue weighted by Gasteiger charge is 2.46. The van der Waals surface area contributed by atoms with Crippen LogP contribution in [0.25, 0.3) is 0 Å². The molecule has 5 nitrogen and oxygen atoms in total. The molecule has 4 rings (SSSR count). The fourth-order valence-corrected chi connectivity index (χ4v) is 4.49. The maximum Gasteiger partial charge on any atom is 0.230 e. The van der Waals surface area contributed by atoms with Gasteiger partial charge in [-0.2, -0.15) is 0 Å². The molecule has 138 valence electrons. The van der Waals surface area contributed by atoms with Crippen LogP contribution in [0.5, 0.6) is 0 Å². The van der Waals surface area contributed by atoms with Gasteiger partial charge in [-0.15, -0.1) is 0 Å². The molecule has 3 aliphatic rings. The van der Waals surface area contributed by atoms with Crippen LogP contribution in [-0.4, -0.2) is 60.6 Å². The standard InChI is InChI=1S/C20H30N2O3/c1-21-17(15-24-14-16-4-5-16)6-7-20(21)8-10-22(11-9-20)19(23)13-18-3-2-12-25-18/h2-3,12,16-17H,4-11,13-15H2,1H3. The van der Waals surface area contributed by atoms with Gasteiger partial charge in [-0.05, 0) is 63.6 Å². The zero-order valence-corrected chi connectivity index (χ0v) is 15.3. The number of carbonyl (C=O) groups excluding carboxylic acids is 1. The van der Waals surface area contributed by atoms with Crippen molar-refractivity contribution in [3.8, 4) is 0 Å². The Morgan fingerprint density at radius 3 is 2.72 bits per heavy atom. The van der Waals surface area contributed by atoms with E-state index in [9.17, 15) is 4.79 Å². The predicted octanol–water partition coefficient (Wildman–Crippen LogP) is 2.70. The Bertz CT molecular complexity index is 574. The first-order chi connectivity index (χ1) is 12.2. The maximum absolute atomic E-state index is 12.5. The van der Waals surface area contributed by atoms with E-state index < -0.39 is 0 Å². The van der Waals surface area contributed by atoms with Crippen molar-refractivity contribution in [2.75, 3.05) is 33.4 Å². The van der Waals surface area contributed by atoms with Gasteiger partial charge in [0.2, 0.25) is 5.91 Å². The number of likely N-dealkylation sites (N-methyl/N-ethyl adjacent to an activating group) is 1. The number of carbonyl (C=O) groups is 1. The monoisotopic (exact) mass is 346 g/mol. The Morgan fingerprint density at radius 2 is 2.04 bits per heavy atom. The molecule has 1 amide bonds. The molecule has 1 atom stereocenters. The summed E-state index contributed by atoms with van der Waals surface area (Å²) in [6.07, 6.45) is 9.33. The fraction of sp³-hybridized carbons (Fsp3) is 0.750. The first-order valence-electron chi connectivity index (χ1n) is 9.77. The quantitative estimate of drug-likeness (QED) is 0.794. The molecule has 1 spiro atoms. The first-order valence-corrected chi connectivity index (χ1v) is 9.77. The van der Waals surface area contributed by atoms with Crippen LogP contribution >= 0.6 is 0 Å². The molecule has 3 heterocycles. The normalized spacial score (nSPS) is 26.4. The molecule has 3 fully saturated rings. The van der Waals surface area contributed by atoms with E-state index in [0.29, 0.717) is 12.5 Å². The van der Waals surface area contributed by atoms with Gasteiger partial charge in [0, 0.05) is 31.3 Å². The lowest BCUT2D eigenvalue weighted by Crippen LogP contribution is -2.54. The van der Waals surface area contributed by atoms with E-state index >= 15 is 0 Å². The summed E-state index contributed by atoms with van der Waals surface area (Å²) in [6, 6.07) is 4.26. The summed E-state index contributed by atoms with van der Waals surface area (Å²) in [5, 5.41) is 0. The van der Waals surface area contributed by atoms with Crippen molar-refractivity contribution < 1.29 is 13.9 Å². The Morgan fingerprint density at radius 1 is 1.24 bits per heavy atom. The third-order valence-electron chi connectivity index (χ3n) is 6.55. The molecule has 1 aliphatic carbocycles. The van der Waals surface area contributed by atoms with Crippen molar-refractivity contribution in [1.29, 1.82) is 0 Å². The highest BCUT2D eigenvalue weighted by Crippen LogP contribution is 2.41. The summed E-state index contributed by atoms with van der Waals surface area (Å²) in [4.78, 5) is 17.0. The van der Waals surface area contributed by atoms with Gasteiger partial charge in [0.15, 0.2) is 0 Å². The zero-order chi connectivity index (χ0) is 17.3. The first kappa shape index (κ1) is 17.1. The van der Waals surface area contributed by atoms with E-state index in [2.05, 4.69) is 11.9 Å². The molecule has 2 aliphatic heterocycles. The summed E-state index contributed by atoms with van der Waals surface area (Å²) >= 11 is 0. The van der Waals surface area contributed by atoms with Gasteiger partial charge in [-0.3, -0.25) is 9.69 Å². The molecule has 0 aromatic carbocycles. The van der Waals surface area contributed by atoms with Crippen LogP contribution in [0.4, 0.5) is 0 Å². The van der Waals surface area contributed by atoms with Crippen molar-refractivity contribution in [2.24, 2.45) is 5.92 Å². The van der Waals surface area contributed by atoms with Gasteiger partial charge >= 0.3 is 0 Å². The number of amides is 1. The van der Waals surface area contributed by atoms with Crippen molar-refractivity contribution in [3.05, 3.63) is 24.2 Å². The van der Waals surface area contributed by atoms with Crippen LogP contribution in [-0.2, 0) is 16.0 Å². The van der Waals surface area contributed by atoms with Crippen LogP contribution < -0.4 is 0 Å². The lowest BCUT2D eigenvalue weighted by Gasteiger charge is -2.45. The Labute approximate surface area is 150 Å². The number of piperidine rings is 1. The van der Waals surface area contributed by atoms with Crippen LogP contribution in [0.3, 0.4) is 0 Å². The molecule has 0 bridgehead atoms. The minimum absolute atomic E-state index is 0.190. The second kappa shape index (κ2) is 7.12. The highest BCUT2D eigenvalue weighted by atomic mass is 16.5. The smallest absolute Gasteiger partial charge is 0.230 e. The number of nitrogens with zero attached hydrogens (tertiary/aromatic N) is 2. The summed E-state index contributed by atoms with van der Waals surface area (Å²) in [6.45, 7) is 3.54. The Hall–Kier alpha value is -1.33. The predicted molar refractivity (Wildman–Crippen MR) is 95.3 cm³/mol. The Balaban J connectivity index is 1.26. The van der Waals surface area contributed by atoms with E-state index in [1.165, 1.54) is 25.7 Å². The van der Waals surface area contributed by atoms with Gasteiger partial charge in [0.1, 0.15) is 5.76 Å². The Kier molecular flexibility index (Phi) is 4.87. The van der Waals surface area contributed by atoms with E-state index in [4.69, 9.17) is 9.15 Å². The lowest BCUT2D eigenvalue weighted by atomic mass is 9.85. The minimum atomic E-state index is 0.190. The minimum Gasteiger partial charge on any atom is -0.469 e. The molecule has 1 aromatic rings. The molecule has 1 saturated carbocycles. The van der Waals surface area contributed by atoms with Crippen LogP contribution in [0, 0.1) is 5.92 Å². The molecule has 2 saturated heterocycles. The number of hydrogen-bond donors (Lipinski definition) is 0. The zero-order valence-electron chi connectivity index (χ0n) is 15.3. The van der Waals surface area contributed by atoms with E-state index in [1.807, 2.05) is 17.0 Å². The van der Waals surface area contributed by atoms with Crippen LogP contribution in [0.2, 0.25) is 0 Å². The topological polar surface area (TPSA) is 45.9 Å². The maximum atomic E-state index is 12.5. The number of likely N-dealkylation sites (tertiary alicyclic amines) is 2. The van der Waals surface area contributed by atoms with Gasteiger partial charge in [-0.1, -0.05) is 0 Å². The second-order valence-corrected chi connectivity index (χ2v) is 8.15. The number of hydrogen-bond acceptors (Lipinski definition) is 4. The van der Waals surface area contributed by atoms with Gasteiger partial charge in [0.05, 0.1) is 19.3 Å². The van der Waals surface area contributed by atoms with Gasteiger partial charge in [0.25, 0.3) is 0 Å². The molecule has 5 heteroatoms. The van der Waals surface area contributed by atoms with Crippen molar-refractivity contribution in [3.63, 3.8) is 0 Å². The van der Waals surface area contributed by atoms with Crippen molar-refractivity contribution >= 4 is 5.91 Å². The van der Waals surface area contributed by atoms with E-state index in [-0.39, 0.29) is 11.4 Å². The second-order valence-electron chi connectivity index (χ2n) is 8.15. The SMILES string of the molecule is CN1C(COCC2CC2)CCC12CCN(C(=O)Cc1ccco1)CC2. The number of ether oxygens (including phenoxy) is 1. The molecular formula is C20H30N2O3. The van der Waals surface area contributed by atoms with E-state index in [1.54, 1.807) is 6.26 Å². The molecule has 0 radical (unpaired) electrons. The van der Waals surface area contributed by atoms with Crippen LogP contribution in [0.15, 0.2) is 22.8 Å². The van der Waals surface area contributed by atoms with Gasteiger partial charge < -0.3 is 14.1 Å². The number of furan rings is 1. The third kappa shape index (κ3) is 3.77. The molecule has 1 unspecified atom stereocenters. The highest BCUT2D eigenvalue weighted by molar-refractivity contribution is 5.78. The molecular weight excluding hydrogens is 316 g/mol. The fourth-order valence-electron chi connectivity index (χ4n) is 4.49. The lowest BCUT2D eigenvalue weighted by molar-refractivity contribution is -0.133. The van der Waals surface area contributed by atoms with Gasteiger partial charge in [-0.25, -0.2) is 0 Å². The van der Waals surface area contributed by atoms with Crippen LogP contribution in [0.1, 0.15) is 44.3 Å². The number of rotatable bonds is 6. The third-order valence-corrected chi connectivity index (χ3v) is 6.55. The average molecular weight is 346 g/mol. The van der Waals surface area contributed by atoms with Crippen molar-refractivity contribution in [1.82, 2.24) is 9.80 Å². The summed E-state index contributed by atoms with van der Waals surface area (Å²) in [5.74, 6) is 1.79. The van der Waals surface area contributed by atoms with Crippen molar-refractivity contribution in [2.45, 2.75) is 56.5 Å². The molecule has 0 N–H and O–H groups in total. The molecule has 25 heavy (non-hydrogen) atoms. The average Bonchev–Trinajstić information content (AvgIpc) is 3.22. The summed E-state index contributed by atoms with van der Waals surface area (Å²) < 4.78 is 11.3. The largest absolute Gasteiger partial charge is 0.469 e. The molecule has 1 aromatic heterocycles. The summed E-state index contributed by atoms with van der Waals surface area (Å²) in [7, 11) is 2.26. The summed E-state index contributed by atoms with van der Waals surface area (Å²) in [5.41, 5.74) is 0.273.